The summed E-state index contributed by atoms with van der Waals surface area (Å²) in [5.74, 6) is 0.172. The highest BCUT2D eigenvalue weighted by Crippen LogP contribution is 2.50. The summed E-state index contributed by atoms with van der Waals surface area (Å²) in [5.41, 5.74) is 2.26. The largest absolute Gasteiger partial charge is 0.462 e. The number of benzene rings is 3. The molecule has 0 heterocycles. The molecule has 0 aromatic heterocycles. The third kappa shape index (κ3) is 4.31. The Labute approximate surface area is 201 Å². The molecule has 0 N–H and O–H groups in total. The minimum Gasteiger partial charge on any atom is -0.462 e. The van der Waals surface area contributed by atoms with Crippen LogP contribution in [0.2, 0.25) is 0 Å². The summed E-state index contributed by atoms with van der Waals surface area (Å²) in [6, 6.07) is 17.2. The molecule has 2 bridgehead atoms. The molecule has 2 fully saturated rings. The standard InChI is InChI=1S/C30H34O4/c1-5-18(3)29(31)34-28-16-25-14-26(28)15-27(25)30(32)33-19(4)20-8-9-22-12-23-10-17(2)6-7-21(23)13-24(22)11-20/h6-13,18-19,25-28H,5,14-16H2,1-4H3. The first kappa shape index (κ1) is 22.9. The first-order chi connectivity index (χ1) is 16.3. The highest BCUT2D eigenvalue weighted by atomic mass is 16.5. The topological polar surface area (TPSA) is 52.6 Å². The van der Waals surface area contributed by atoms with Crippen molar-refractivity contribution in [3.63, 3.8) is 0 Å². The van der Waals surface area contributed by atoms with Crippen LogP contribution in [0.15, 0.2) is 48.5 Å². The molecule has 2 aliphatic carbocycles. The summed E-state index contributed by atoms with van der Waals surface area (Å²) in [7, 11) is 0. The van der Waals surface area contributed by atoms with Gasteiger partial charge in [-0.25, -0.2) is 0 Å². The van der Waals surface area contributed by atoms with Crippen LogP contribution in [0.3, 0.4) is 0 Å². The smallest absolute Gasteiger partial charge is 0.309 e. The molecule has 0 spiro atoms. The second-order valence-corrected chi connectivity index (χ2v) is 10.5. The van der Waals surface area contributed by atoms with Gasteiger partial charge in [0.25, 0.3) is 0 Å². The number of fused-ring (bicyclic) bond motifs is 4. The lowest BCUT2D eigenvalue weighted by molar-refractivity contribution is -0.160. The maximum absolute atomic E-state index is 13.0. The maximum Gasteiger partial charge on any atom is 0.309 e. The van der Waals surface area contributed by atoms with Crippen LogP contribution >= 0.6 is 0 Å². The van der Waals surface area contributed by atoms with E-state index in [-0.39, 0.29) is 47.8 Å². The van der Waals surface area contributed by atoms with Crippen LogP contribution in [0.25, 0.3) is 21.5 Å². The van der Waals surface area contributed by atoms with Crippen molar-refractivity contribution in [2.45, 2.75) is 65.6 Å². The minimum absolute atomic E-state index is 0.0351. The minimum atomic E-state index is -0.302. The molecule has 2 aliphatic rings. The Kier molecular flexibility index (Phi) is 6.09. The van der Waals surface area contributed by atoms with Crippen molar-refractivity contribution in [2.24, 2.45) is 23.7 Å². The first-order valence-corrected chi connectivity index (χ1v) is 12.7. The van der Waals surface area contributed by atoms with Crippen molar-refractivity contribution in [1.29, 1.82) is 0 Å². The zero-order valence-corrected chi connectivity index (χ0v) is 20.5. The number of esters is 2. The Morgan fingerprint density at radius 3 is 2.26 bits per heavy atom. The van der Waals surface area contributed by atoms with Gasteiger partial charge in [-0.1, -0.05) is 49.7 Å². The van der Waals surface area contributed by atoms with Gasteiger partial charge in [-0.05, 0) is 96.7 Å². The third-order valence-corrected chi connectivity index (χ3v) is 8.11. The summed E-state index contributed by atoms with van der Waals surface area (Å²) in [6.07, 6.45) is 2.95. The van der Waals surface area contributed by atoms with Gasteiger partial charge in [-0.15, -0.1) is 0 Å². The predicted molar refractivity (Wildman–Crippen MR) is 134 cm³/mol. The molecule has 0 aliphatic heterocycles. The lowest BCUT2D eigenvalue weighted by Crippen LogP contribution is -2.32. The van der Waals surface area contributed by atoms with Crippen LogP contribution in [0.4, 0.5) is 0 Å². The van der Waals surface area contributed by atoms with Crippen LogP contribution in [-0.2, 0) is 19.1 Å². The Balaban J connectivity index is 1.24. The van der Waals surface area contributed by atoms with E-state index in [0.29, 0.717) is 0 Å². The van der Waals surface area contributed by atoms with Gasteiger partial charge in [-0.3, -0.25) is 9.59 Å². The van der Waals surface area contributed by atoms with Crippen molar-refractivity contribution in [1.82, 2.24) is 0 Å². The van der Waals surface area contributed by atoms with Crippen molar-refractivity contribution in [3.8, 4) is 0 Å². The molecular weight excluding hydrogens is 424 g/mol. The van der Waals surface area contributed by atoms with Crippen molar-refractivity contribution >= 4 is 33.5 Å². The van der Waals surface area contributed by atoms with Gasteiger partial charge in [0.2, 0.25) is 0 Å². The van der Waals surface area contributed by atoms with Gasteiger partial charge in [0.05, 0.1) is 11.8 Å². The summed E-state index contributed by atoms with van der Waals surface area (Å²) >= 11 is 0. The molecule has 6 unspecified atom stereocenters. The van der Waals surface area contributed by atoms with Crippen molar-refractivity contribution < 1.29 is 19.1 Å². The summed E-state index contributed by atoms with van der Waals surface area (Å²) < 4.78 is 11.7. The van der Waals surface area contributed by atoms with Crippen LogP contribution in [0, 0.1) is 30.6 Å². The van der Waals surface area contributed by atoms with Crippen molar-refractivity contribution in [3.05, 3.63) is 59.7 Å². The molecular formula is C30H34O4. The van der Waals surface area contributed by atoms with E-state index in [0.717, 1.165) is 36.6 Å². The Morgan fingerprint density at radius 2 is 1.59 bits per heavy atom. The summed E-state index contributed by atoms with van der Waals surface area (Å²) in [5, 5.41) is 4.80. The Morgan fingerprint density at radius 1 is 0.882 bits per heavy atom. The van der Waals surface area contributed by atoms with E-state index in [2.05, 4.69) is 55.5 Å². The number of carbonyl (C=O) groups is 2. The Bertz CT molecular complexity index is 1250. The highest BCUT2D eigenvalue weighted by molar-refractivity contribution is 5.98. The second-order valence-electron chi connectivity index (χ2n) is 10.5. The average Bonchev–Trinajstić information content (AvgIpc) is 3.42. The fraction of sp³-hybridized carbons (Fsp3) is 0.467. The average molecular weight is 459 g/mol. The number of carbonyl (C=O) groups excluding carboxylic acids is 2. The summed E-state index contributed by atoms with van der Waals surface area (Å²) in [6.45, 7) is 7.97. The molecule has 5 rings (SSSR count). The zero-order valence-electron chi connectivity index (χ0n) is 20.5. The van der Waals surface area contributed by atoms with Crippen LogP contribution in [0.1, 0.15) is 63.7 Å². The molecule has 34 heavy (non-hydrogen) atoms. The quantitative estimate of drug-likeness (QED) is 0.297. The van der Waals surface area contributed by atoms with E-state index in [9.17, 15) is 9.59 Å². The Hall–Kier alpha value is -2.88. The van der Waals surface area contributed by atoms with Gasteiger partial charge in [0.1, 0.15) is 12.2 Å². The zero-order chi connectivity index (χ0) is 24.0. The number of rotatable bonds is 6. The first-order valence-electron chi connectivity index (χ1n) is 12.7. The molecule has 4 heteroatoms. The SMILES string of the molecule is CCC(C)C(=O)OC1CC2CC1CC2C(=O)OC(C)c1ccc2cc3cc(C)ccc3cc2c1. The fourth-order valence-corrected chi connectivity index (χ4v) is 5.81. The van der Waals surface area contributed by atoms with Crippen LogP contribution in [-0.4, -0.2) is 18.0 Å². The third-order valence-electron chi connectivity index (χ3n) is 8.11. The highest BCUT2D eigenvalue weighted by Gasteiger charge is 2.51. The molecule has 2 saturated carbocycles. The number of ether oxygens (including phenoxy) is 2. The molecule has 178 valence electrons. The predicted octanol–water partition coefficient (Wildman–Crippen LogP) is 6.91. The molecule has 0 saturated heterocycles. The molecule has 3 aromatic rings. The van der Waals surface area contributed by atoms with E-state index < -0.39 is 0 Å². The maximum atomic E-state index is 13.0. The second kappa shape index (κ2) is 9.05. The monoisotopic (exact) mass is 458 g/mol. The number of aryl methyl sites for hydroxylation is 1. The number of hydrogen-bond donors (Lipinski definition) is 0. The van der Waals surface area contributed by atoms with E-state index in [4.69, 9.17) is 9.47 Å². The molecule has 0 radical (unpaired) electrons. The molecule has 0 amide bonds. The normalized spacial score (nSPS) is 25.4. The lowest BCUT2D eigenvalue weighted by atomic mass is 9.87. The van der Waals surface area contributed by atoms with Gasteiger partial charge < -0.3 is 9.47 Å². The van der Waals surface area contributed by atoms with Gasteiger partial charge in [0, 0.05) is 0 Å². The van der Waals surface area contributed by atoms with Crippen LogP contribution in [0.5, 0.6) is 0 Å². The summed E-state index contributed by atoms with van der Waals surface area (Å²) in [4.78, 5) is 25.2. The van der Waals surface area contributed by atoms with Crippen molar-refractivity contribution in [2.75, 3.05) is 0 Å². The molecule has 3 aromatic carbocycles. The van der Waals surface area contributed by atoms with E-state index in [1.54, 1.807) is 0 Å². The van der Waals surface area contributed by atoms with E-state index in [1.807, 2.05) is 20.8 Å². The van der Waals surface area contributed by atoms with E-state index in [1.165, 1.54) is 21.7 Å². The lowest BCUT2D eigenvalue weighted by Gasteiger charge is -2.28. The molecule has 6 atom stereocenters. The van der Waals surface area contributed by atoms with Crippen LogP contribution < -0.4 is 0 Å². The molecule has 4 nitrogen and oxygen atoms in total. The van der Waals surface area contributed by atoms with E-state index >= 15 is 0 Å². The van der Waals surface area contributed by atoms with Gasteiger partial charge in [-0.2, -0.15) is 0 Å². The fourth-order valence-electron chi connectivity index (χ4n) is 5.81. The number of hydrogen-bond acceptors (Lipinski definition) is 4. The van der Waals surface area contributed by atoms with Gasteiger partial charge >= 0.3 is 11.9 Å². The van der Waals surface area contributed by atoms with Gasteiger partial charge in [0.15, 0.2) is 0 Å².